The van der Waals surface area contributed by atoms with Crippen LogP contribution in [0.5, 0.6) is 0 Å². The van der Waals surface area contributed by atoms with Gasteiger partial charge in [-0.3, -0.25) is 0 Å². The highest BCUT2D eigenvalue weighted by Gasteiger charge is 2.60. The van der Waals surface area contributed by atoms with Crippen molar-refractivity contribution < 1.29 is 26.7 Å². The third-order valence-electron chi connectivity index (χ3n) is 3.85. The fourth-order valence-electron chi connectivity index (χ4n) is 2.24. The van der Waals surface area contributed by atoms with Crippen LogP contribution in [0.1, 0.15) is 5.69 Å². The van der Waals surface area contributed by atoms with Crippen LogP contribution in [0, 0.1) is 0 Å². The lowest BCUT2D eigenvalue weighted by Gasteiger charge is -2.17. The highest BCUT2D eigenvalue weighted by molar-refractivity contribution is 9.10. The lowest BCUT2D eigenvalue weighted by molar-refractivity contribution is -0.290. The van der Waals surface area contributed by atoms with E-state index in [1.807, 2.05) is 0 Å². The molecule has 0 spiro atoms. The van der Waals surface area contributed by atoms with E-state index >= 15 is 0 Å². The summed E-state index contributed by atoms with van der Waals surface area (Å²) in [6.45, 7) is 6.58. The fraction of sp³-hybridized carbons (Fsp3) is 0.471. The number of hydrogen-bond acceptors (Lipinski definition) is 2. The van der Waals surface area contributed by atoms with Gasteiger partial charge in [0, 0.05) is 30.9 Å². The Morgan fingerprint density at radius 2 is 1.82 bits per heavy atom. The summed E-state index contributed by atoms with van der Waals surface area (Å²) in [5, 5.41) is 0.158. The summed E-state index contributed by atoms with van der Waals surface area (Å²) in [6, 6.07) is 5.40. The lowest BCUT2D eigenvalue weighted by Crippen LogP contribution is -2.34. The normalized spacial score (nSPS) is 13.2. The minimum atomic E-state index is -5.76. The van der Waals surface area contributed by atoms with Crippen molar-refractivity contribution in [3.8, 4) is 11.4 Å². The number of hydrogen-bond donors (Lipinski definition) is 0. The molecule has 28 heavy (non-hydrogen) atoms. The van der Waals surface area contributed by atoms with E-state index in [4.69, 9.17) is 16.3 Å². The highest BCUT2D eigenvalue weighted by atomic mass is 79.9. The van der Waals surface area contributed by atoms with Gasteiger partial charge in [0.25, 0.3) is 0 Å². The number of imidazole rings is 1. The van der Waals surface area contributed by atoms with Crippen LogP contribution >= 0.6 is 27.5 Å². The third-order valence-corrected chi connectivity index (χ3v) is 6.36. The van der Waals surface area contributed by atoms with Crippen LogP contribution in [0.3, 0.4) is 0 Å². The molecule has 2 aromatic rings. The van der Waals surface area contributed by atoms with Gasteiger partial charge in [-0.25, -0.2) is 4.98 Å². The van der Waals surface area contributed by atoms with Gasteiger partial charge in [-0.05, 0) is 24.2 Å². The quantitative estimate of drug-likeness (QED) is 0.232. The van der Waals surface area contributed by atoms with Crippen LogP contribution < -0.4 is 0 Å². The zero-order valence-electron chi connectivity index (χ0n) is 15.4. The maximum Gasteiger partial charge on any atom is 0.459 e. The molecule has 0 amide bonds. The Bertz CT molecular complexity index is 836. The standard InChI is InChI=1S/C17H19BrClF5N2OSi/c1-28(2,3)7-6-27-10-26-9-14(16(20,21)17(22,23)24)25-15(26)12-5-4-11(18)8-13(12)19/h4-5,8-9H,6-7,10H2,1-3H3. The molecule has 1 aromatic heterocycles. The molecule has 0 atom stereocenters. The summed E-state index contributed by atoms with van der Waals surface area (Å²) in [5.41, 5.74) is -1.18. The SMILES string of the molecule is C[Si](C)(C)CCOCn1cc(C(F)(F)C(F)(F)F)nc1-c1ccc(Br)cc1Cl. The Labute approximate surface area is 174 Å². The minimum absolute atomic E-state index is 0.121. The summed E-state index contributed by atoms with van der Waals surface area (Å²) in [5.74, 6) is -5.21. The minimum Gasteiger partial charge on any atom is -0.361 e. The van der Waals surface area contributed by atoms with Crippen molar-refractivity contribution in [3.05, 3.63) is 39.6 Å². The molecule has 0 radical (unpaired) electrons. The van der Waals surface area contributed by atoms with Crippen molar-refractivity contribution in [1.82, 2.24) is 9.55 Å². The molecule has 1 aromatic carbocycles. The number of aromatic nitrogens is 2. The van der Waals surface area contributed by atoms with Crippen molar-refractivity contribution in [2.45, 2.75) is 44.5 Å². The summed E-state index contributed by atoms with van der Waals surface area (Å²) < 4.78 is 73.2. The molecule has 0 fully saturated rings. The average Bonchev–Trinajstić information content (AvgIpc) is 2.94. The van der Waals surface area contributed by atoms with E-state index in [0.717, 1.165) is 10.6 Å². The highest BCUT2D eigenvalue weighted by Crippen LogP contribution is 2.44. The number of rotatable bonds is 7. The third kappa shape index (κ3) is 5.55. The van der Waals surface area contributed by atoms with Gasteiger partial charge in [0.05, 0.1) is 5.02 Å². The van der Waals surface area contributed by atoms with Crippen LogP contribution in [0.2, 0.25) is 30.7 Å². The predicted molar refractivity (Wildman–Crippen MR) is 104 cm³/mol. The first-order valence-electron chi connectivity index (χ1n) is 8.28. The molecule has 0 saturated carbocycles. The van der Waals surface area contributed by atoms with Crippen LogP contribution in [0.25, 0.3) is 11.4 Å². The molecule has 0 bridgehead atoms. The predicted octanol–water partition coefficient (Wildman–Crippen LogP) is 6.93. The van der Waals surface area contributed by atoms with Crippen molar-refractivity contribution >= 4 is 35.6 Å². The molecular weight excluding hydrogens is 487 g/mol. The van der Waals surface area contributed by atoms with Crippen molar-refractivity contribution in [3.63, 3.8) is 0 Å². The Balaban J connectivity index is 2.41. The first-order valence-corrected chi connectivity index (χ1v) is 13.2. The Kier molecular flexibility index (Phi) is 7.00. The van der Waals surface area contributed by atoms with Gasteiger partial charge in [-0.1, -0.05) is 47.2 Å². The van der Waals surface area contributed by atoms with Gasteiger partial charge in [-0.2, -0.15) is 22.0 Å². The Morgan fingerprint density at radius 3 is 2.36 bits per heavy atom. The second kappa shape index (κ2) is 8.41. The van der Waals surface area contributed by atoms with Crippen molar-refractivity contribution in [2.75, 3.05) is 6.61 Å². The van der Waals surface area contributed by atoms with Crippen LogP contribution in [0.15, 0.2) is 28.9 Å². The van der Waals surface area contributed by atoms with E-state index in [0.29, 0.717) is 17.3 Å². The van der Waals surface area contributed by atoms with Crippen LogP contribution in [-0.2, 0) is 17.4 Å². The summed E-state index contributed by atoms with van der Waals surface area (Å²) >= 11 is 9.36. The lowest BCUT2D eigenvalue weighted by atomic mass is 10.2. The topological polar surface area (TPSA) is 27.1 Å². The van der Waals surface area contributed by atoms with E-state index in [-0.39, 0.29) is 23.1 Å². The molecule has 0 N–H and O–H groups in total. The van der Waals surface area contributed by atoms with Crippen LogP contribution in [-0.4, -0.2) is 30.4 Å². The first kappa shape index (κ1) is 23.3. The maximum absolute atomic E-state index is 13.8. The summed E-state index contributed by atoms with van der Waals surface area (Å²) in [7, 11) is -1.38. The van der Waals surface area contributed by atoms with Gasteiger partial charge < -0.3 is 9.30 Å². The van der Waals surface area contributed by atoms with E-state index in [2.05, 4.69) is 40.6 Å². The number of ether oxygens (including phenoxy) is 1. The molecule has 11 heteroatoms. The number of nitrogens with zero attached hydrogens (tertiary/aromatic N) is 2. The average molecular weight is 506 g/mol. The molecule has 0 aliphatic rings. The molecule has 0 saturated heterocycles. The summed E-state index contributed by atoms with van der Waals surface area (Å²) in [4.78, 5) is 3.56. The van der Waals surface area contributed by atoms with E-state index in [9.17, 15) is 22.0 Å². The number of benzene rings is 1. The molecule has 3 nitrogen and oxygen atoms in total. The Hall–Kier alpha value is -0.973. The molecule has 0 aliphatic heterocycles. The Morgan fingerprint density at radius 1 is 1.18 bits per heavy atom. The maximum atomic E-state index is 13.8. The van der Waals surface area contributed by atoms with Gasteiger partial charge in [0.1, 0.15) is 18.2 Å². The second-order valence-electron chi connectivity index (χ2n) is 7.46. The molecule has 156 valence electrons. The zero-order valence-corrected chi connectivity index (χ0v) is 18.7. The molecule has 0 unspecified atom stereocenters. The van der Waals surface area contributed by atoms with Crippen molar-refractivity contribution in [2.24, 2.45) is 0 Å². The molecule has 1 heterocycles. The fourth-order valence-corrected chi connectivity index (χ4v) is 3.75. The van der Waals surface area contributed by atoms with E-state index in [1.165, 1.54) is 12.1 Å². The summed E-state index contributed by atoms with van der Waals surface area (Å²) in [6.07, 6.45) is -5.10. The zero-order chi connectivity index (χ0) is 21.3. The van der Waals surface area contributed by atoms with E-state index < -0.39 is 25.9 Å². The van der Waals surface area contributed by atoms with Gasteiger partial charge in [0.2, 0.25) is 0 Å². The van der Waals surface area contributed by atoms with E-state index in [1.54, 1.807) is 6.07 Å². The largest absolute Gasteiger partial charge is 0.459 e. The smallest absolute Gasteiger partial charge is 0.361 e. The second-order valence-corrected chi connectivity index (χ2v) is 14.4. The van der Waals surface area contributed by atoms with Crippen LogP contribution in [0.4, 0.5) is 22.0 Å². The first-order chi connectivity index (χ1) is 12.7. The number of alkyl halides is 5. The monoisotopic (exact) mass is 504 g/mol. The van der Waals surface area contributed by atoms with Gasteiger partial charge >= 0.3 is 12.1 Å². The molecular formula is C17H19BrClF5N2OSi. The molecule has 2 rings (SSSR count). The number of halogens is 7. The van der Waals surface area contributed by atoms with Gasteiger partial charge in [-0.15, -0.1) is 0 Å². The van der Waals surface area contributed by atoms with Gasteiger partial charge in [0.15, 0.2) is 0 Å². The van der Waals surface area contributed by atoms with Crippen molar-refractivity contribution in [1.29, 1.82) is 0 Å². The molecule has 0 aliphatic carbocycles.